The van der Waals surface area contributed by atoms with E-state index in [2.05, 4.69) is 24.7 Å². The first kappa shape index (κ1) is 28.2. The molecule has 2 aliphatic heterocycles. The van der Waals surface area contributed by atoms with Crippen molar-refractivity contribution in [2.45, 2.75) is 18.7 Å². The number of nitrogens with zero attached hydrogens (tertiary/aromatic N) is 3. The van der Waals surface area contributed by atoms with Crippen LogP contribution >= 0.6 is 0 Å². The molecule has 2 N–H and O–H groups in total. The summed E-state index contributed by atoms with van der Waals surface area (Å²) < 4.78 is 40.8. The number of anilines is 3. The summed E-state index contributed by atoms with van der Waals surface area (Å²) in [7, 11) is -2.17. The van der Waals surface area contributed by atoms with Gasteiger partial charge in [-0.3, -0.25) is 9.69 Å². The third-order valence-electron chi connectivity index (χ3n) is 6.91. The monoisotopic (exact) mass is 545 g/mol. The lowest BCUT2D eigenvalue weighted by Gasteiger charge is -2.38. The van der Waals surface area contributed by atoms with Crippen LogP contribution in [0.25, 0.3) is 0 Å². The number of ether oxygens (including phenoxy) is 2. The number of sulfonamides is 1. The molecule has 10 nitrogen and oxygen atoms in total. The SMILES string of the molecule is COc1ccccc1N1CCN(c2ccc(NC(=O)C(C)C)cc2S(=O)(=O)NCCN2CCOCC2)CC1. The van der Waals surface area contributed by atoms with Gasteiger partial charge in [0.15, 0.2) is 0 Å². The van der Waals surface area contributed by atoms with Gasteiger partial charge in [-0.25, -0.2) is 13.1 Å². The molecule has 0 spiro atoms. The van der Waals surface area contributed by atoms with Crippen molar-refractivity contribution in [1.82, 2.24) is 9.62 Å². The van der Waals surface area contributed by atoms with E-state index < -0.39 is 10.0 Å². The van der Waals surface area contributed by atoms with E-state index in [4.69, 9.17) is 9.47 Å². The summed E-state index contributed by atoms with van der Waals surface area (Å²) >= 11 is 0. The highest BCUT2D eigenvalue weighted by Crippen LogP contribution is 2.32. The van der Waals surface area contributed by atoms with Gasteiger partial charge in [-0.15, -0.1) is 0 Å². The Morgan fingerprint density at radius 3 is 2.29 bits per heavy atom. The van der Waals surface area contributed by atoms with Crippen LogP contribution in [0.4, 0.5) is 17.1 Å². The number of piperazine rings is 1. The van der Waals surface area contributed by atoms with Gasteiger partial charge in [-0.1, -0.05) is 26.0 Å². The average molecular weight is 546 g/mol. The fourth-order valence-electron chi connectivity index (χ4n) is 4.67. The van der Waals surface area contributed by atoms with Crippen LogP contribution in [0.2, 0.25) is 0 Å². The van der Waals surface area contributed by atoms with Crippen LogP contribution in [-0.2, 0) is 19.6 Å². The first-order valence-electron chi connectivity index (χ1n) is 13.2. The third kappa shape index (κ3) is 6.96. The smallest absolute Gasteiger partial charge is 0.242 e. The number of nitrogens with one attached hydrogen (secondary N) is 2. The van der Waals surface area contributed by atoms with E-state index in [0.717, 1.165) is 37.6 Å². The second-order valence-electron chi connectivity index (χ2n) is 9.82. The zero-order chi connectivity index (χ0) is 27.1. The molecule has 4 rings (SSSR count). The minimum Gasteiger partial charge on any atom is -0.495 e. The van der Waals surface area contributed by atoms with Gasteiger partial charge in [0.1, 0.15) is 10.6 Å². The van der Waals surface area contributed by atoms with E-state index in [1.165, 1.54) is 0 Å². The zero-order valence-corrected chi connectivity index (χ0v) is 23.3. The minimum atomic E-state index is -3.83. The fraction of sp³-hybridized carbons (Fsp3) is 0.519. The van der Waals surface area contributed by atoms with Crippen molar-refractivity contribution >= 4 is 33.0 Å². The molecule has 0 saturated carbocycles. The molecule has 0 radical (unpaired) electrons. The number of rotatable bonds is 10. The molecule has 11 heteroatoms. The summed E-state index contributed by atoms with van der Waals surface area (Å²) in [4.78, 5) is 19.0. The van der Waals surface area contributed by atoms with Crippen LogP contribution in [0, 0.1) is 5.92 Å². The van der Waals surface area contributed by atoms with Crippen molar-refractivity contribution in [2.75, 3.05) is 87.8 Å². The van der Waals surface area contributed by atoms with Gasteiger partial charge < -0.3 is 24.6 Å². The second kappa shape index (κ2) is 12.8. The number of morpholine rings is 1. The molecule has 0 unspecified atom stereocenters. The highest BCUT2D eigenvalue weighted by atomic mass is 32.2. The Kier molecular flexibility index (Phi) is 9.48. The summed E-state index contributed by atoms with van der Waals surface area (Å²) in [5, 5.41) is 2.84. The number of hydrogen-bond acceptors (Lipinski definition) is 8. The van der Waals surface area contributed by atoms with E-state index in [-0.39, 0.29) is 16.7 Å². The van der Waals surface area contributed by atoms with Crippen LogP contribution in [0.3, 0.4) is 0 Å². The van der Waals surface area contributed by atoms with Crippen LogP contribution in [0.15, 0.2) is 47.4 Å². The number of carbonyl (C=O) groups excluding carboxylic acids is 1. The van der Waals surface area contributed by atoms with Gasteiger partial charge in [0.2, 0.25) is 15.9 Å². The largest absolute Gasteiger partial charge is 0.495 e. The van der Waals surface area contributed by atoms with Crippen LogP contribution in [-0.4, -0.2) is 91.9 Å². The Bertz CT molecular complexity index is 1190. The van der Waals surface area contributed by atoms with E-state index in [1.807, 2.05) is 24.3 Å². The van der Waals surface area contributed by atoms with Gasteiger partial charge >= 0.3 is 0 Å². The van der Waals surface area contributed by atoms with Gasteiger partial charge in [-0.05, 0) is 30.3 Å². The number of para-hydroxylation sites is 2. The highest BCUT2D eigenvalue weighted by Gasteiger charge is 2.27. The normalized spacial score (nSPS) is 17.1. The van der Waals surface area contributed by atoms with Crippen molar-refractivity contribution in [1.29, 1.82) is 0 Å². The number of amides is 1. The number of carbonyl (C=O) groups is 1. The Morgan fingerprint density at radius 2 is 1.63 bits per heavy atom. The molecule has 0 bridgehead atoms. The van der Waals surface area contributed by atoms with E-state index in [0.29, 0.717) is 50.8 Å². The maximum atomic E-state index is 13.6. The second-order valence-corrected chi connectivity index (χ2v) is 11.6. The molecule has 2 fully saturated rings. The highest BCUT2D eigenvalue weighted by molar-refractivity contribution is 7.89. The summed E-state index contributed by atoms with van der Waals surface area (Å²) in [6, 6.07) is 13.1. The third-order valence-corrected chi connectivity index (χ3v) is 8.40. The molecular formula is C27H39N5O5S. The van der Waals surface area contributed by atoms with Crippen molar-refractivity contribution in [3.63, 3.8) is 0 Å². The van der Waals surface area contributed by atoms with Gasteiger partial charge in [0.05, 0.1) is 31.7 Å². The van der Waals surface area contributed by atoms with Gasteiger partial charge in [0.25, 0.3) is 0 Å². The average Bonchev–Trinajstić information content (AvgIpc) is 2.93. The van der Waals surface area contributed by atoms with Crippen LogP contribution in [0.1, 0.15) is 13.8 Å². The fourth-order valence-corrected chi connectivity index (χ4v) is 5.94. The van der Waals surface area contributed by atoms with E-state index >= 15 is 0 Å². The lowest BCUT2D eigenvalue weighted by atomic mass is 10.2. The summed E-state index contributed by atoms with van der Waals surface area (Å²) in [5.74, 6) is 0.440. The first-order chi connectivity index (χ1) is 18.3. The molecule has 2 aliphatic rings. The molecule has 0 aliphatic carbocycles. The van der Waals surface area contributed by atoms with E-state index in [9.17, 15) is 13.2 Å². The predicted molar refractivity (Wildman–Crippen MR) is 150 cm³/mol. The molecule has 2 heterocycles. The summed E-state index contributed by atoms with van der Waals surface area (Å²) in [6.45, 7) is 10.1. The van der Waals surface area contributed by atoms with Crippen LogP contribution in [0.5, 0.6) is 5.75 Å². The molecule has 0 atom stereocenters. The zero-order valence-electron chi connectivity index (χ0n) is 22.5. The summed E-state index contributed by atoms with van der Waals surface area (Å²) in [5.41, 5.74) is 2.12. The first-order valence-corrected chi connectivity index (χ1v) is 14.6. The van der Waals surface area contributed by atoms with Crippen molar-refractivity contribution in [3.05, 3.63) is 42.5 Å². The maximum absolute atomic E-state index is 13.6. The molecular weight excluding hydrogens is 506 g/mol. The molecule has 38 heavy (non-hydrogen) atoms. The van der Waals surface area contributed by atoms with Crippen molar-refractivity contribution in [3.8, 4) is 5.75 Å². The Balaban J connectivity index is 1.52. The molecule has 208 valence electrons. The number of benzene rings is 2. The van der Waals surface area contributed by atoms with E-state index in [1.54, 1.807) is 39.2 Å². The molecule has 2 saturated heterocycles. The minimum absolute atomic E-state index is 0.160. The van der Waals surface area contributed by atoms with Gasteiger partial charge in [0, 0.05) is 64.0 Å². The predicted octanol–water partition coefficient (Wildman–Crippen LogP) is 2.23. The standard InChI is InChI=1S/C27H39N5O5S/c1-21(2)27(33)29-22-8-9-24(26(20-22)38(34,35)28-10-11-30-16-18-37-19-17-30)32-14-12-31(13-15-32)23-6-4-5-7-25(23)36-3/h4-9,20-21,28H,10-19H2,1-3H3,(H,29,33). The Hall–Kier alpha value is -2.86. The molecule has 2 aromatic rings. The lowest BCUT2D eigenvalue weighted by Crippen LogP contribution is -2.47. The molecule has 1 amide bonds. The maximum Gasteiger partial charge on any atom is 0.242 e. The molecule has 2 aromatic carbocycles. The van der Waals surface area contributed by atoms with Crippen LogP contribution < -0.4 is 24.6 Å². The lowest BCUT2D eigenvalue weighted by molar-refractivity contribution is -0.118. The summed E-state index contributed by atoms with van der Waals surface area (Å²) in [6.07, 6.45) is 0. The Morgan fingerprint density at radius 1 is 0.974 bits per heavy atom. The quantitative estimate of drug-likeness (QED) is 0.469. The number of methoxy groups -OCH3 is 1. The topological polar surface area (TPSA) is 103 Å². The van der Waals surface area contributed by atoms with Gasteiger partial charge in [-0.2, -0.15) is 0 Å². The number of hydrogen-bond donors (Lipinski definition) is 2. The Labute approximate surface area is 225 Å². The molecule has 0 aromatic heterocycles. The van der Waals surface area contributed by atoms with Crippen molar-refractivity contribution < 1.29 is 22.7 Å². The van der Waals surface area contributed by atoms with Crippen molar-refractivity contribution in [2.24, 2.45) is 5.92 Å².